The summed E-state index contributed by atoms with van der Waals surface area (Å²) in [5, 5.41) is 17.4. The van der Waals surface area contributed by atoms with Gasteiger partial charge in [-0.1, -0.05) is 6.08 Å². The molecule has 0 amide bonds. The van der Waals surface area contributed by atoms with Gasteiger partial charge in [-0.2, -0.15) is 0 Å². The standard InChI is InChI=1S/C6H6O3/c7-4-2-1-3-5(8)6(4)9/h1-3,6-7,9H. The van der Waals surface area contributed by atoms with Gasteiger partial charge in [0, 0.05) is 0 Å². The molecule has 9 heavy (non-hydrogen) atoms. The third-order valence-electron chi connectivity index (χ3n) is 1.08. The van der Waals surface area contributed by atoms with Crippen LogP contribution in [-0.4, -0.2) is 22.1 Å². The lowest BCUT2D eigenvalue weighted by Crippen LogP contribution is -2.22. The smallest absolute Gasteiger partial charge is 0.191 e. The maximum atomic E-state index is 10.5. The zero-order valence-corrected chi connectivity index (χ0v) is 4.61. The molecule has 0 fully saturated rings. The van der Waals surface area contributed by atoms with Crippen LogP contribution in [0.1, 0.15) is 0 Å². The number of hydrogen-bond acceptors (Lipinski definition) is 3. The highest BCUT2D eigenvalue weighted by Gasteiger charge is 2.18. The van der Waals surface area contributed by atoms with Crippen LogP contribution >= 0.6 is 0 Å². The van der Waals surface area contributed by atoms with E-state index >= 15 is 0 Å². The second-order valence-corrected chi connectivity index (χ2v) is 1.76. The number of ketones is 1. The molecule has 1 aliphatic carbocycles. The normalized spacial score (nSPS) is 26.1. The van der Waals surface area contributed by atoms with Crippen molar-refractivity contribution in [2.45, 2.75) is 6.10 Å². The lowest BCUT2D eigenvalue weighted by Gasteiger charge is -2.07. The van der Waals surface area contributed by atoms with Gasteiger partial charge in [0.05, 0.1) is 0 Å². The number of aliphatic hydroxyl groups excluding tert-OH is 2. The number of rotatable bonds is 0. The Morgan fingerprint density at radius 2 is 2.22 bits per heavy atom. The van der Waals surface area contributed by atoms with E-state index in [1.807, 2.05) is 0 Å². The number of hydrogen-bond donors (Lipinski definition) is 2. The lowest BCUT2D eigenvalue weighted by molar-refractivity contribution is -0.121. The van der Waals surface area contributed by atoms with Gasteiger partial charge < -0.3 is 10.2 Å². The van der Waals surface area contributed by atoms with E-state index in [0.717, 1.165) is 0 Å². The van der Waals surface area contributed by atoms with E-state index in [0.29, 0.717) is 0 Å². The summed E-state index contributed by atoms with van der Waals surface area (Å²) in [6, 6.07) is 0. The quantitative estimate of drug-likeness (QED) is 0.477. The predicted octanol–water partition coefficient (Wildman–Crippen LogP) is -0.0719. The Balaban J connectivity index is 2.86. The van der Waals surface area contributed by atoms with Crippen LogP contribution in [0.15, 0.2) is 24.0 Å². The SMILES string of the molecule is O=C1C=CC=C(O)C1O. The Hall–Kier alpha value is -1.09. The zero-order valence-electron chi connectivity index (χ0n) is 4.61. The molecule has 0 bridgehead atoms. The maximum absolute atomic E-state index is 10.5. The number of aliphatic hydroxyl groups is 2. The second kappa shape index (κ2) is 2.03. The Bertz CT molecular complexity index is 190. The molecule has 0 aromatic carbocycles. The van der Waals surface area contributed by atoms with Crippen molar-refractivity contribution in [3.8, 4) is 0 Å². The fourth-order valence-corrected chi connectivity index (χ4v) is 0.570. The van der Waals surface area contributed by atoms with Gasteiger partial charge >= 0.3 is 0 Å². The summed E-state index contributed by atoms with van der Waals surface area (Å²) in [6.45, 7) is 0. The number of carbonyl (C=O) groups excluding carboxylic acids is 1. The topological polar surface area (TPSA) is 57.5 Å². The Morgan fingerprint density at radius 3 is 2.67 bits per heavy atom. The Morgan fingerprint density at radius 1 is 1.56 bits per heavy atom. The van der Waals surface area contributed by atoms with E-state index in [1.54, 1.807) is 0 Å². The van der Waals surface area contributed by atoms with Crippen LogP contribution in [0.4, 0.5) is 0 Å². The van der Waals surface area contributed by atoms with Gasteiger partial charge in [-0.15, -0.1) is 0 Å². The van der Waals surface area contributed by atoms with Crippen molar-refractivity contribution >= 4 is 5.78 Å². The van der Waals surface area contributed by atoms with Gasteiger partial charge in [0.15, 0.2) is 11.9 Å². The lowest BCUT2D eigenvalue weighted by atomic mass is 10.1. The van der Waals surface area contributed by atoms with E-state index in [1.165, 1.54) is 18.2 Å². The molecule has 3 nitrogen and oxygen atoms in total. The van der Waals surface area contributed by atoms with Crippen molar-refractivity contribution in [2.75, 3.05) is 0 Å². The molecule has 0 heterocycles. The van der Waals surface area contributed by atoms with Gasteiger partial charge in [-0.3, -0.25) is 4.79 Å². The van der Waals surface area contributed by atoms with Crippen LogP contribution in [0.5, 0.6) is 0 Å². The predicted molar refractivity (Wildman–Crippen MR) is 30.9 cm³/mol. The minimum atomic E-state index is -1.34. The first-order chi connectivity index (χ1) is 4.22. The summed E-state index contributed by atoms with van der Waals surface area (Å²) < 4.78 is 0. The summed E-state index contributed by atoms with van der Waals surface area (Å²) in [5.74, 6) is -0.766. The molecule has 3 heteroatoms. The highest BCUT2D eigenvalue weighted by Crippen LogP contribution is 2.05. The fourth-order valence-electron chi connectivity index (χ4n) is 0.570. The first kappa shape index (κ1) is 6.04. The van der Waals surface area contributed by atoms with E-state index in [2.05, 4.69) is 0 Å². The van der Waals surface area contributed by atoms with Gasteiger partial charge in [-0.05, 0) is 12.2 Å². The molecular weight excluding hydrogens is 120 g/mol. The number of allylic oxidation sites excluding steroid dienone is 2. The van der Waals surface area contributed by atoms with Crippen LogP contribution in [0, 0.1) is 0 Å². The van der Waals surface area contributed by atoms with E-state index in [-0.39, 0.29) is 5.76 Å². The minimum Gasteiger partial charge on any atom is -0.509 e. The zero-order chi connectivity index (χ0) is 6.85. The molecule has 1 aliphatic rings. The second-order valence-electron chi connectivity index (χ2n) is 1.76. The highest BCUT2D eigenvalue weighted by atomic mass is 16.3. The van der Waals surface area contributed by atoms with Gasteiger partial charge in [0.25, 0.3) is 0 Å². The average molecular weight is 126 g/mol. The third kappa shape index (κ3) is 1.000. The number of carbonyl (C=O) groups is 1. The van der Waals surface area contributed by atoms with E-state index < -0.39 is 11.9 Å². The average Bonchev–Trinajstić information content (AvgIpc) is 1.83. The van der Waals surface area contributed by atoms with Crippen LogP contribution in [0.2, 0.25) is 0 Å². The molecule has 2 N–H and O–H groups in total. The molecule has 0 aromatic rings. The molecule has 0 aliphatic heterocycles. The van der Waals surface area contributed by atoms with Crippen LogP contribution in [-0.2, 0) is 4.79 Å². The molecule has 0 saturated heterocycles. The highest BCUT2D eigenvalue weighted by molar-refractivity contribution is 5.96. The Labute approximate surface area is 51.9 Å². The van der Waals surface area contributed by atoms with Crippen molar-refractivity contribution < 1.29 is 15.0 Å². The summed E-state index contributed by atoms with van der Waals surface area (Å²) in [6.07, 6.45) is 2.55. The third-order valence-corrected chi connectivity index (χ3v) is 1.08. The molecule has 0 saturated carbocycles. The largest absolute Gasteiger partial charge is 0.509 e. The summed E-state index contributed by atoms with van der Waals surface area (Å²) in [5.41, 5.74) is 0. The van der Waals surface area contributed by atoms with Crippen molar-refractivity contribution in [2.24, 2.45) is 0 Å². The molecule has 0 radical (unpaired) electrons. The first-order valence-corrected chi connectivity index (χ1v) is 2.51. The van der Waals surface area contributed by atoms with Crippen molar-refractivity contribution in [1.82, 2.24) is 0 Å². The monoisotopic (exact) mass is 126 g/mol. The van der Waals surface area contributed by atoms with Crippen LogP contribution < -0.4 is 0 Å². The van der Waals surface area contributed by atoms with Gasteiger partial charge in [0.1, 0.15) is 5.76 Å². The Kier molecular flexibility index (Phi) is 1.36. The fraction of sp³-hybridized carbons (Fsp3) is 0.167. The van der Waals surface area contributed by atoms with Gasteiger partial charge in [-0.25, -0.2) is 0 Å². The summed E-state index contributed by atoms with van der Waals surface area (Å²) >= 11 is 0. The minimum absolute atomic E-state index is 0.289. The summed E-state index contributed by atoms with van der Waals surface area (Å²) in [7, 11) is 0. The van der Waals surface area contributed by atoms with Crippen LogP contribution in [0.25, 0.3) is 0 Å². The first-order valence-electron chi connectivity index (χ1n) is 2.51. The van der Waals surface area contributed by atoms with Gasteiger partial charge in [0.2, 0.25) is 0 Å². The van der Waals surface area contributed by atoms with Crippen molar-refractivity contribution in [1.29, 1.82) is 0 Å². The van der Waals surface area contributed by atoms with Crippen LogP contribution in [0.3, 0.4) is 0 Å². The maximum Gasteiger partial charge on any atom is 0.191 e. The van der Waals surface area contributed by atoms with E-state index in [4.69, 9.17) is 10.2 Å². The molecule has 1 rings (SSSR count). The molecule has 48 valence electrons. The molecular formula is C6H6O3. The van der Waals surface area contributed by atoms with E-state index in [9.17, 15) is 4.79 Å². The summed E-state index contributed by atoms with van der Waals surface area (Å²) in [4.78, 5) is 10.5. The van der Waals surface area contributed by atoms with Crippen molar-refractivity contribution in [3.63, 3.8) is 0 Å². The van der Waals surface area contributed by atoms with Crippen molar-refractivity contribution in [3.05, 3.63) is 24.0 Å². The molecule has 0 spiro atoms. The molecule has 1 atom stereocenters. The molecule has 1 unspecified atom stereocenters. The molecule has 0 aromatic heterocycles.